The van der Waals surface area contributed by atoms with Crippen molar-refractivity contribution in [2.24, 2.45) is 5.41 Å². The van der Waals surface area contributed by atoms with E-state index in [4.69, 9.17) is 4.42 Å². The fourth-order valence-electron chi connectivity index (χ4n) is 3.30. The molecule has 1 N–H and O–H groups in total. The Morgan fingerprint density at radius 3 is 2.62 bits per heavy atom. The average Bonchev–Trinajstić information content (AvgIpc) is 2.83. The van der Waals surface area contributed by atoms with Gasteiger partial charge in [-0.25, -0.2) is 0 Å². The molecule has 1 aliphatic rings. The Hall–Kier alpha value is -2.43. The molecule has 1 atom stereocenters. The molecule has 0 aliphatic heterocycles. The van der Waals surface area contributed by atoms with Gasteiger partial charge in [-0.3, -0.25) is 14.6 Å². The van der Waals surface area contributed by atoms with Gasteiger partial charge in [-0.2, -0.15) is 0 Å². The molecule has 0 unspecified atom stereocenters. The molecule has 5 heteroatoms. The summed E-state index contributed by atoms with van der Waals surface area (Å²) in [6.45, 7) is 7.76. The Kier molecular flexibility index (Phi) is 4.03. The predicted octanol–water partition coefficient (Wildman–Crippen LogP) is 3.63. The number of aromatic nitrogens is 1. The Morgan fingerprint density at radius 1 is 1.29 bits per heavy atom. The zero-order valence-electron chi connectivity index (χ0n) is 14.5. The second kappa shape index (κ2) is 5.89. The van der Waals surface area contributed by atoms with Crippen LogP contribution in [0.15, 0.2) is 28.9 Å². The number of pyridine rings is 1. The van der Waals surface area contributed by atoms with Crippen molar-refractivity contribution in [1.82, 2.24) is 10.3 Å². The van der Waals surface area contributed by atoms with Crippen molar-refractivity contribution in [3.8, 4) is 0 Å². The molecule has 0 saturated heterocycles. The van der Waals surface area contributed by atoms with Gasteiger partial charge in [0.15, 0.2) is 11.5 Å². The van der Waals surface area contributed by atoms with Crippen LogP contribution in [0.4, 0.5) is 0 Å². The SMILES string of the molecule is Cc1c(C(=O)N[C@H](C)c2ccncc2)oc2c1C(=O)CC(C)(C)C2. The first-order chi connectivity index (χ1) is 11.3. The minimum absolute atomic E-state index is 0.0590. The lowest BCUT2D eigenvalue weighted by Crippen LogP contribution is -2.27. The summed E-state index contributed by atoms with van der Waals surface area (Å²) in [5.41, 5.74) is 2.07. The van der Waals surface area contributed by atoms with Crippen LogP contribution in [0, 0.1) is 12.3 Å². The molecule has 1 amide bonds. The summed E-state index contributed by atoms with van der Waals surface area (Å²) < 4.78 is 5.80. The van der Waals surface area contributed by atoms with Crippen LogP contribution in [0.2, 0.25) is 0 Å². The third-order valence-corrected chi connectivity index (χ3v) is 4.54. The summed E-state index contributed by atoms with van der Waals surface area (Å²) >= 11 is 0. The molecule has 0 saturated carbocycles. The minimum atomic E-state index is -0.295. The van der Waals surface area contributed by atoms with E-state index in [-0.39, 0.29) is 28.9 Å². The monoisotopic (exact) mass is 326 g/mol. The third-order valence-electron chi connectivity index (χ3n) is 4.54. The minimum Gasteiger partial charge on any atom is -0.455 e. The van der Waals surface area contributed by atoms with Crippen LogP contribution in [0.3, 0.4) is 0 Å². The number of rotatable bonds is 3. The van der Waals surface area contributed by atoms with Crippen molar-refractivity contribution in [3.05, 3.63) is 52.7 Å². The Balaban J connectivity index is 1.86. The summed E-state index contributed by atoms with van der Waals surface area (Å²) in [5.74, 6) is 0.642. The molecule has 2 aromatic heterocycles. The van der Waals surface area contributed by atoms with Crippen LogP contribution < -0.4 is 5.32 Å². The topological polar surface area (TPSA) is 72.2 Å². The van der Waals surface area contributed by atoms with Gasteiger partial charge in [0.1, 0.15) is 5.76 Å². The van der Waals surface area contributed by atoms with Gasteiger partial charge in [-0.1, -0.05) is 13.8 Å². The van der Waals surface area contributed by atoms with Crippen molar-refractivity contribution in [2.75, 3.05) is 0 Å². The van der Waals surface area contributed by atoms with E-state index in [0.29, 0.717) is 29.7 Å². The molecular formula is C19H22N2O3. The zero-order valence-corrected chi connectivity index (χ0v) is 14.5. The summed E-state index contributed by atoms with van der Waals surface area (Å²) in [7, 11) is 0. The highest BCUT2D eigenvalue weighted by atomic mass is 16.4. The van der Waals surface area contributed by atoms with Crippen LogP contribution >= 0.6 is 0 Å². The van der Waals surface area contributed by atoms with Crippen molar-refractivity contribution in [1.29, 1.82) is 0 Å². The molecule has 5 nitrogen and oxygen atoms in total. The number of hydrogen-bond acceptors (Lipinski definition) is 4. The van der Waals surface area contributed by atoms with Crippen molar-refractivity contribution in [3.63, 3.8) is 0 Å². The first-order valence-corrected chi connectivity index (χ1v) is 8.15. The summed E-state index contributed by atoms with van der Waals surface area (Å²) in [6, 6.07) is 3.54. The highest BCUT2D eigenvalue weighted by Gasteiger charge is 2.37. The van der Waals surface area contributed by atoms with Crippen molar-refractivity contribution < 1.29 is 14.0 Å². The molecule has 0 bridgehead atoms. The number of furan rings is 1. The zero-order chi connectivity index (χ0) is 17.5. The molecule has 3 rings (SSSR count). The summed E-state index contributed by atoms with van der Waals surface area (Å²) in [4.78, 5) is 29.0. The number of carbonyl (C=O) groups excluding carboxylic acids is 2. The van der Waals surface area contributed by atoms with Gasteiger partial charge in [0.05, 0.1) is 11.6 Å². The van der Waals surface area contributed by atoms with E-state index >= 15 is 0 Å². The average molecular weight is 326 g/mol. The van der Waals surface area contributed by atoms with Crippen LogP contribution in [0.25, 0.3) is 0 Å². The molecule has 2 heterocycles. The molecule has 126 valence electrons. The molecule has 0 fully saturated rings. The van der Waals surface area contributed by atoms with Crippen molar-refractivity contribution in [2.45, 2.75) is 46.6 Å². The fourth-order valence-corrected chi connectivity index (χ4v) is 3.30. The molecule has 24 heavy (non-hydrogen) atoms. The number of nitrogens with one attached hydrogen (secondary N) is 1. The van der Waals surface area contributed by atoms with Crippen LogP contribution in [0.5, 0.6) is 0 Å². The molecule has 0 spiro atoms. The fraction of sp³-hybridized carbons (Fsp3) is 0.421. The highest BCUT2D eigenvalue weighted by molar-refractivity contribution is 6.03. The number of ketones is 1. The maximum atomic E-state index is 12.6. The maximum absolute atomic E-state index is 12.6. The van der Waals surface area contributed by atoms with Crippen LogP contribution in [-0.4, -0.2) is 16.7 Å². The number of fused-ring (bicyclic) bond motifs is 1. The van der Waals surface area contributed by atoms with E-state index in [0.717, 1.165) is 5.56 Å². The Morgan fingerprint density at radius 2 is 1.96 bits per heavy atom. The van der Waals surface area contributed by atoms with Crippen LogP contribution in [-0.2, 0) is 6.42 Å². The summed E-state index contributed by atoms with van der Waals surface area (Å²) in [6.07, 6.45) is 4.53. The predicted molar refractivity (Wildman–Crippen MR) is 90.0 cm³/mol. The molecular weight excluding hydrogens is 304 g/mol. The number of amides is 1. The Labute approximate surface area is 141 Å². The van der Waals surface area contributed by atoms with Gasteiger partial charge >= 0.3 is 0 Å². The van der Waals surface area contributed by atoms with Crippen LogP contribution in [0.1, 0.15) is 71.0 Å². The molecule has 2 aromatic rings. The third kappa shape index (κ3) is 2.98. The van der Waals surface area contributed by atoms with Gasteiger partial charge in [0, 0.05) is 30.8 Å². The van der Waals surface area contributed by atoms with E-state index in [2.05, 4.69) is 10.3 Å². The normalized spacial score (nSPS) is 17.2. The standard InChI is InChI=1S/C19H22N2O3/c1-11-16-14(22)9-19(3,4)10-15(16)24-17(11)18(23)21-12(2)13-5-7-20-8-6-13/h5-8,12H,9-10H2,1-4H3,(H,21,23)/t12-/m1/s1. The van der Waals surface area contributed by atoms with E-state index in [1.807, 2.05) is 32.9 Å². The van der Waals surface area contributed by atoms with Gasteiger partial charge in [-0.15, -0.1) is 0 Å². The second-order valence-corrected chi connectivity index (χ2v) is 7.27. The largest absolute Gasteiger partial charge is 0.455 e. The second-order valence-electron chi connectivity index (χ2n) is 7.27. The lowest BCUT2D eigenvalue weighted by Gasteiger charge is -2.27. The number of hydrogen-bond donors (Lipinski definition) is 1. The quantitative estimate of drug-likeness (QED) is 0.935. The molecule has 0 radical (unpaired) electrons. The van der Waals surface area contributed by atoms with E-state index in [1.165, 1.54) is 0 Å². The first kappa shape index (κ1) is 16.4. The summed E-state index contributed by atoms with van der Waals surface area (Å²) in [5, 5.41) is 2.93. The highest BCUT2D eigenvalue weighted by Crippen LogP contribution is 2.38. The lowest BCUT2D eigenvalue weighted by molar-refractivity contribution is 0.0883. The van der Waals surface area contributed by atoms with E-state index in [1.54, 1.807) is 19.3 Å². The van der Waals surface area contributed by atoms with E-state index in [9.17, 15) is 9.59 Å². The Bertz CT molecular complexity index is 790. The lowest BCUT2D eigenvalue weighted by atomic mass is 9.76. The number of nitrogens with zero attached hydrogens (tertiary/aromatic N) is 1. The van der Waals surface area contributed by atoms with Crippen molar-refractivity contribution >= 4 is 11.7 Å². The van der Waals surface area contributed by atoms with Gasteiger partial charge in [0.25, 0.3) is 5.91 Å². The number of carbonyl (C=O) groups is 2. The van der Waals surface area contributed by atoms with Gasteiger partial charge in [0.2, 0.25) is 0 Å². The number of Topliss-reactive ketones (excluding diaryl/α,β-unsaturated/α-hetero) is 1. The first-order valence-electron chi connectivity index (χ1n) is 8.15. The van der Waals surface area contributed by atoms with E-state index < -0.39 is 0 Å². The van der Waals surface area contributed by atoms with Gasteiger partial charge < -0.3 is 9.73 Å². The van der Waals surface area contributed by atoms with Gasteiger partial charge in [-0.05, 0) is 37.0 Å². The maximum Gasteiger partial charge on any atom is 0.287 e. The molecule has 0 aromatic carbocycles. The smallest absolute Gasteiger partial charge is 0.287 e. The molecule has 1 aliphatic carbocycles.